The molecule has 0 radical (unpaired) electrons. The molecule has 0 aliphatic heterocycles. The topological polar surface area (TPSA) is 48.2 Å². The van der Waals surface area contributed by atoms with Gasteiger partial charge in [0.25, 0.3) is 3.90 Å². The van der Waals surface area contributed by atoms with Crippen molar-refractivity contribution in [3.8, 4) is 17.1 Å². The lowest BCUT2D eigenvalue weighted by atomic mass is 10.2. The van der Waals surface area contributed by atoms with Crippen LogP contribution in [-0.4, -0.2) is 17.3 Å². The number of aromatic nitrogens is 2. The minimum Gasteiger partial charge on any atom is -0.496 e. The van der Waals surface area contributed by atoms with E-state index < -0.39 is 0 Å². The molecule has 0 bridgehead atoms. The van der Waals surface area contributed by atoms with Crippen LogP contribution in [0.3, 0.4) is 0 Å². The van der Waals surface area contributed by atoms with E-state index in [1.165, 1.54) is 0 Å². The first-order valence-electron chi connectivity index (χ1n) is 3.94. The fourth-order valence-corrected chi connectivity index (χ4v) is 1.47. The third-order valence-electron chi connectivity index (χ3n) is 1.75. The Morgan fingerprint density at radius 2 is 2.14 bits per heavy atom. The van der Waals surface area contributed by atoms with Gasteiger partial charge in [-0.05, 0) is 12.1 Å². The predicted octanol–water partition coefficient (Wildman–Crippen LogP) is 2.35. The van der Waals surface area contributed by atoms with E-state index in [-0.39, 0.29) is 0 Å². The summed E-state index contributed by atoms with van der Waals surface area (Å²) >= 11 is 1.97. The average Bonchev–Trinajstić information content (AvgIpc) is 2.65. The molecule has 0 aliphatic carbocycles. The lowest BCUT2D eigenvalue weighted by molar-refractivity contribution is 0.393. The molecule has 5 heteroatoms. The monoisotopic (exact) mass is 302 g/mol. The Bertz CT molecular complexity index is 442. The number of hydrogen-bond acceptors (Lipinski definition) is 4. The van der Waals surface area contributed by atoms with Crippen LogP contribution in [0.15, 0.2) is 28.8 Å². The van der Waals surface area contributed by atoms with Crippen molar-refractivity contribution in [1.82, 2.24) is 10.1 Å². The standard InChI is InChI=1S/C9H7IN2O2/c1-13-7-5-3-2-4-6(7)8-11-9(10)14-12-8/h2-5H,1H3. The van der Waals surface area contributed by atoms with Gasteiger partial charge in [-0.3, -0.25) is 0 Å². The van der Waals surface area contributed by atoms with Gasteiger partial charge < -0.3 is 9.26 Å². The smallest absolute Gasteiger partial charge is 0.287 e. The second-order valence-electron chi connectivity index (χ2n) is 2.57. The van der Waals surface area contributed by atoms with Gasteiger partial charge in [0.2, 0.25) is 5.82 Å². The summed E-state index contributed by atoms with van der Waals surface area (Å²) < 4.78 is 10.6. The van der Waals surface area contributed by atoms with Gasteiger partial charge in [0.15, 0.2) is 0 Å². The van der Waals surface area contributed by atoms with E-state index in [0.29, 0.717) is 9.72 Å². The number of methoxy groups -OCH3 is 1. The number of halogens is 1. The van der Waals surface area contributed by atoms with Crippen molar-refractivity contribution in [2.45, 2.75) is 0 Å². The summed E-state index contributed by atoms with van der Waals surface area (Å²) in [5.74, 6) is 1.29. The van der Waals surface area contributed by atoms with E-state index in [4.69, 9.17) is 9.26 Å². The molecular weight excluding hydrogens is 295 g/mol. The number of rotatable bonds is 2. The van der Waals surface area contributed by atoms with Gasteiger partial charge in [-0.25, -0.2) is 0 Å². The van der Waals surface area contributed by atoms with Crippen molar-refractivity contribution in [3.05, 3.63) is 28.2 Å². The van der Waals surface area contributed by atoms with Gasteiger partial charge in [0.05, 0.1) is 12.7 Å². The Morgan fingerprint density at radius 1 is 1.36 bits per heavy atom. The van der Waals surface area contributed by atoms with Crippen molar-refractivity contribution < 1.29 is 9.26 Å². The fraction of sp³-hybridized carbons (Fsp3) is 0.111. The molecular formula is C9H7IN2O2. The first kappa shape index (κ1) is 9.45. The molecule has 0 unspecified atom stereocenters. The van der Waals surface area contributed by atoms with Crippen molar-refractivity contribution in [1.29, 1.82) is 0 Å². The van der Waals surface area contributed by atoms with Crippen LogP contribution in [0.1, 0.15) is 0 Å². The molecule has 0 aliphatic rings. The van der Waals surface area contributed by atoms with Gasteiger partial charge in [0.1, 0.15) is 5.75 Å². The molecule has 0 saturated carbocycles. The molecule has 0 amide bonds. The Balaban J connectivity index is 2.50. The molecule has 0 spiro atoms. The minimum atomic E-state index is 0.517. The van der Waals surface area contributed by atoms with E-state index in [2.05, 4.69) is 10.1 Å². The van der Waals surface area contributed by atoms with Crippen LogP contribution in [-0.2, 0) is 0 Å². The van der Waals surface area contributed by atoms with Crippen LogP contribution in [0.25, 0.3) is 11.4 Å². The summed E-state index contributed by atoms with van der Waals surface area (Å²) in [5.41, 5.74) is 0.835. The van der Waals surface area contributed by atoms with Crippen LogP contribution in [0.2, 0.25) is 0 Å². The van der Waals surface area contributed by atoms with Gasteiger partial charge >= 0.3 is 0 Å². The summed E-state index contributed by atoms with van der Waals surface area (Å²) in [6, 6.07) is 7.55. The molecule has 0 fully saturated rings. The molecule has 72 valence electrons. The summed E-state index contributed by atoms with van der Waals surface area (Å²) in [6.07, 6.45) is 0. The maximum absolute atomic E-state index is 5.18. The lowest BCUT2D eigenvalue weighted by Crippen LogP contribution is -1.88. The van der Waals surface area contributed by atoms with E-state index in [0.717, 1.165) is 11.3 Å². The van der Waals surface area contributed by atoms with Gasteiger partial charge in [-0.2, -0.15) is 4.98 Å². The fourth-order valence-electron chi connectivity index (χ4n) is 1.14. The Labute approximate surface area is 94.4 Å². The van der Waals surface area contributed by atoms with Crippen LogP contribution < -0.4 is 4.74 Å². The van der Waals surface area contributed by atoms with E-state index in [1.54, 1.807) is 7.11 Å². The van der Waals surface area contributed by atoms with Crippen molar-refractivity contribution in [3.63, 3.8) is 0 Å². The molecule has 0 saturated heterocycles. The summed E-state index contributed by atoms with van der Waals surface area (Å²) in [5, 5.41) is 3.82. The van der Waals surface area contributed by atoms with Gasteiger partial charge in [-0.1, -0.05) is 17.3 Å². The Morgan fingerprint density at radius 3 is 2.79 bits per heavy atom. The SMILES string of the molecule is COc1ccccc1-c1noc(I)n1. The molecule has 2 rings (SSSR count). The highest BCUT2D eigenvalue weighted by molar-refractivity contribution is 14.1. The predicted molar refractivity (Wildman–Crippen MR) is 59.0 cm³/mol. The largest absolute Gasteiger partial charge is 0.496 e. The van der Waals surface area contributed by atoms with Crippen LogP contribution in [0.4, 0.5) is 0 Å². The summed E-state index contributed by atoms with van der Waals surface area (Å²) in [4.78, 5) is 4.12. The van der Waals surface area contributed by atoms with E-state index >= 15 is 0 Å². The zero-order valence-electron chi connectivity index (χ0n) is 7.40. The van der Waals surface area contributed by atoms with Gasteiger partial charge in [-0.15, -0.1) is 0 Å². The maximum atomic E-state index is 5.18. The molecule has 1 heterocycles. The highest BCUT2D eigenvalue weighted by atomic mass is 127. The quantitative estimate of drug-likeness (QED) is 0.799. The molecule has 4 nitrogen and oxygen atoms in total. The van der Waals surface area contributed by atoms with Crippen LogP contribution >= 0.6 is 22.6 Å². The zero-order valence-corrected chi connectivity index (χ0v) is 9.56. The van der Waals surface area contributed by atoms with E-state index in [9.17, 15) is 0 Å². The van der Waals surface area contributed by atoms with Gasteiger partial charge in [0, 0.05) is 22.6 Å². The van der Waals surface area contributed by atoms with E-state index in [1.807, 2.05) is 46.9 Å². The van der Waals surface area contributed by atoms with Crippen molar-refractivity contribution in [2.75, 3.05) is 7.11 Å². The first-order chi connectivity index (χ1) is 6.81. The average molecular weight is 302 g/mol. The zero-order chi connectivity index (χ0) is 9.97. The Kier molecular flexibility index (Phi) is 2.67. The molecule has 2 aromatic rings. The molecule has 1 aromatic heterocycles. The highest BCUT2D eigenvalue weighted by Crippen LogP contribution is 2.26. The maximum Gasteiger partial charge on any atom is 0.287 e. The second kappa shape index (κ2) is 3.95. The number of hydrogen-bond donors (Lipinski definition) is 0. The number of para-hydroxylation sites is 1. The van der Waals surface area contributed by atoms with Crippen LogP contribution in [0, 0.1) is 3.90 Å². The first-order valence-corrected chi connectivity index (χ1v) is 5.01. The molecule has 0 N–H and O–H groups in total. The highest BCUT2D eigenvalue weighted by Gasteiger charge is 2.10. The summed E-state index contributed by atoms with van der Waals surface area (Å²) in [6.45, 7) is 0. The number of ether oxygens (including phenoxy) is 1. The van der Waals surface area contributed by atoms with Crippen molar-refractivity contribution >= 4 is 22.6 Å². The number of nitrogens with zero attached hydrogens (tertiary/aromatic N) is 2. The molecule has 14 heavy (non-hydrogen) atoms. The normalized spacial score (nSPS) is 10.1. The summed E-state index contributed by atoms with van der Waals surface area (Å²) in [7, 11) is 1.61. The second-order valence-corrected chi connectivity index (χ2v) is 3.49. The molecule has 1 aromatic carbocycles. The number of benzene rings is 1. The molecule has 0 atom stereocenters. The van der Waals surface area contributed by atoms with Crippen LogP contribution in [0.5, 0.6) is 5.75 Å². The minimum absolute atomic E-state index is 0.517. The lowest BCUT2D eigenvalue weighted by Gasteiger charge is -2.02. The third-order valence-corrected chi connectivity index (χ3v) is 2.19. The third kappa shape index (κ3) is 1.72. The Hall–Kier alpha value is -1.11. The van der Waals surface area contributed by atoms with Crippen molar-refractivity contribution in [2.24, 2.45) is 0 Å².